The molecular weight excluding hydrogens is 248 g/mol. The maximum atomic E-state index is 9.89. The normalized spacial score (nSPS) is 35.3. The van der Waals surface area contributed by atoms with E-state index in [2.05, 4.69) is 0 Å². The van der Waals surface area contributed by atoms with Crippen molar-refractivity contribution in [1.29, 1.82) is 0 Å². The van der Waals surface area contributed by atoms with Crippen LogP contribution in [0, 0.1) is 5.92 Å². The van der Waals surface area contributed by atoms with Gasteiger partial charge in [0.15, 0.2) is 6.29 Å². The summed E-state index contributed by atoms with van der Waals surface area (Å²) in [7, 11) is 0. The first-order valence-electron chi connectivity index (χ1n) is 6.41. The minimum atomic E-state index is -1.09. The van der Waals surface area contributed by atoms with Gasteiger partial charge in [0.2, 0.25) is 0 Å². The third-order valence-corrected chi connectivity index (χ3v) is 3.44. The molecule has 1 aliphatic rings. The first-order chi connectivity index (χ1) is 9.13. The average molecular weight is 268 g/mol. The van der Waals surface area contributed by atoms with Crippen molar-refractivity contribution in [2.45, 2.75) is 38.1 Å². The van der Waals surface area contributed by atoms with Crippen molar-refractivity contribution in [2.75, 3.05) is 6.61 Å². The fourth-order valence-electron chi connectivity index (χ4n) is 2.16. The maximum Gasteiger partial charge on any atom is 0.163 e. The number of aliphatic hydroxyl groups excluding tert-OH is 3. The molecule has 1 aromatic carbocycles. The van der Waals surface area contributed by atoms with Crippen LogP contribution in [0.1, 0.15) is 12.5 Å². The zero-order valence-corrected chi connectivity index (χ0v) is 10.8. The molecule has 0 amide bonds. The van der Waals surface area contributed by atoms with Gasteiger partial charge in [-0.2, -0.15) is 0 Å². The first-order valence-corrected chi connectivity index (χ1v) is 6.41. The second-order valence-corrected chi connectivity index (χ2v) is 4.86. The van der Waals surface area contributed by atoms with Crippen molar-refractivity contribution >= 4 is 0 Å². The Balaban J connectivity index is 1.95. The first kappa shape index (κ1) is 14.4. The summed E-state index contributed by atoms with van der Waals surface area (Å²) in [6, 6.07) is 9.62. The molecule has 0 aromatic heterocycles. The Labute approximate surface area is 112 Å². The molecule has 106 valence electrons. The van der Waals surface area contributed by atoms with Crippen LogP contribution in [0.4, 0.5) is 0 Å². The maximum absolute atomic E-state index is 9.89. The van der Waals surface area contributed by atoms with E-state index in [9.17, 15) is 10.2 Å². The van der Waals surface area contributed by atoms with Gasteiger partial charge in [0.1, 0.15) is 12.2 Å². The summed E-state index contributed by atoms with van der Waals surface area (Å²) in [5.74, 6) is -0.360. The Kier molecular flexibility index (Phi) is 4.90. The van der Waals surface area contributed by atoms with E-state index in [0.717, 1.165) is 5.56 Å². The molecule has 5 atom stereocenters. The van der Waals surface area contributed by atoms with Gasteiger partial charge in [-0.15, -0.1) is 0 Å². The highest BCUT2D eigenvalue weighted by Gasteiger charge is 2.42. The van der Waals surface area contributed by atoms with Gasteiger partial charge in [-0.05, 0) is 5.56 Å². The molecule has 3 unspecified atom stereocenters. The van der Waals surface area contributed by atoms with Crippen LogP contribution >= 0.6 is 0 Å². The Morgan fingerprint density at radius 2 is 1.84 bits per heavy atom. The molecule has 3 N–H and O–H groups in total. The molecule has 5 heteroatoms. The van der Waals surface area contributed by atoms with E-state index < -0.39 is 24.6 Å². The minimum absolute atomic E-state index is 0.351. The topological polar surface area (TPSA) is 79.2 Å². The lowest BCUT2D eigenvalue weighted by atomic mass is 9.92. The summed E-state index contributed by atoms with van der Waals surface area (Å²) in [5, 5.41) is 28.7. The predicted octanol–water partition coefficient (Wildman–Crippen LogP) is 0.278. The molecule has 1 saturated heterocycles. The van der Waals surface area contributed by atoms with Gasteiger partial charge in [0, 0.05) is 5.92 Å². The van der Waals surface area contributed by atoms with E-state index in [1.54, 1.807) is 6.92 Å². The molecule has 1 heterocycles. The highest BCUT2D eigenvalue weighted by atomic mass is 16.7. The molecule has 0 aliphatic carbocycles. The number of rotatable bonds is 4. The molecule has 0 saturated carbocycles. The van der Waals surface area contributed by atoms with E-state index in [1.807, 2.05) is 30.3 Å². The summed E-state index contributed by atoms with van der Waals surface area (Å²) >= 11 is 0. The lowest BCUT2D eigenvalue weighted by Gasteiger charge is -2.40. The van der Waals surface area contributed by atoms with E-state index in [4.69, 9.17) is 14.6 Å². The standard InChI is InChI=1S/C14H20O5/c1-9-12(16)13(17)11(7-15)19-14(9)18-8-10-5-3-2-4-6-10/h2-6,9,11-17H,7-8H2,1H3/t9?,11?,12?,13-,14+/m1/s1. The summed E-state index contributed by atoms with van der Waals surface area (Å²) in [5.41, 5.74) is 1.000. The van der Waals surface area contributed by atoms with Crippen LogP contribution in [0.5, 0.6) is 0 Å². The highest BCUT2D eigenvalue weighted by molar-refractivity contribution is 5.13. The fourth-order valence-corrected chi connectivity index (χ4v) is 2.16. The average Bonchev–Trinajstić information content (AvgIpc) is 2.45. The van der Waals surface area contributed by atoms with Gasteiger partial charge in [0.25, 0.3) is 0 Å². The Hall–Kier alpha value is -0.980. The van der Waals surface area contributed by atoms with Crippen molar-refractivity contribution in [2.24, 2.45) is 5.92 Å². The van der Waals surface area contributed by atoms with Crippen LogP contribution in [0.2, 0.25) is 0 Å². The smallest absolute Gasteiger partial charge is 0.163 e. The van der Waals surface area contributed by atoms with Crippen molar-refractivity contribution in [3.8, 4) is 0 Å². The van der Waals surface area contributed by atoms with Crippen molar-refractivity contribution in [1.82, 2.24) is 0 Å². The minimum Gasteiger partial charge on any atom is -0.394 e. The lowest BCUT2D eigenvalue weighted by Crippen LogP contribution is -2.55. The molecular formula is C14H20O5. The molecule has 0 radical (unpaired) electrons. The SMILES string of the molecule is CC1C(O)[C@H](O)C(CO)O[C@@H]1OCc1ccccc1. The Morgan fingerprint density at radius 3 is 2.47 bits per heavy atom. The molecule has 1 fully saturated rings. The molecule has 2 rings (SSSR count). The zero-order valence-electron chi connectivity index (χ0n) is 10.8. The van der Waals surface area contributed by atoms with Crippen LogP contribution < -0.4 is 0 Å². The number of ether oxygens (including phenoxy) is 2. The van der Waals surface area contributed by atoms with Crippen molar-refractivity contribution in [3.05, 3.63) is 35.9 Å². The second kappa shape index (κ2) is 6.45. The zero-order chi connectivity index (χ0) is 13.8. The molecule has 1 aromatic rings. The number of aliphatic hydroxyl groups is 3. The Morgan fingerprint density at radius 1 is 1.16 bits per heavy atom. The van der Waals surface area contributed by atoms with E-state index in [-0.39, 0.29) is 12.5 Å². The van der Waals surface area contributed by atoms with Crippen LogP contribution in [0.15, 0.2) is 30.3 Å². The highest BCUT2D eigenvalue weighted by Crippen LogP contribution is 2.27. The van der Waals surface area contributed by atoms with Crippen molar-refractivity contribution < 1.29 is 24.8 Å². The summed E-state index contributed by atoms with van der Waals surface area (Å²) in [6.07, 6.45) is -3.51. The van der Waals surface area contributed by atoms with Crippen LogP contribution in [0.3, 0.4) is 0 Å². The van der Waals surface area contributed by atoms with Gasteiger partial charge < -0.3 is 24.8 Å². The van der Waals surface area contributed by atoms with Crippen LogP contribution in [-0.4, -0.2) is 46.5 Å². The predicted molar refractivity (Wildman–Crippen MR) is 68.2 cm³/mol. The molecule has 0 bridgehead atoms. The van der Waals surface area contributed by atoms with Gasteiger partial charge >= 0.3 is 0 Å². The largest absolute Gasteiger partial charge is 0.394 e. The van der Waals surface area contributed by atoms with Gasteiger partial charge in [-0.1, -0.05) is 37.3 Å². The van der Waals surface area contributed by atoms with E-state index >= 15 is 0 Å². The monoisotopic (exact) mass is 268 g/mol. The molecule has 19 heavy (non-hydrogen) atoms. The lowest BCUT2D eigenvalue weighted by molar-refractivity contribution is -0.285. The van der Waals surface area contributed by atoms with Crippen LogP contribution in [-0.2, 0) is 16.1 Å². The third-order valence-electron chi connectivity index (χ3n) is 3.44. The molecule has 0 spiro atoms. The van der Waals surface area contributed by atoms with E-state index in [1.165, 1.54) is 0 Å². The summed E-state index contributed by atoms with van der Waals surface area (Å²) < 4.78 is 11.1. The molecule has 5 nitrogen and oxygen atoms in total. The van der Waals surface area contributed by atoms with Gasteiger partial charge in [0.05, 0.1) is 19.3 Å². The van der Waals surface area contributed by atoms with E-state index in [0.29, 0.717) is 6.61 Å². The third kappa shape index (κ3) is 3.32. The summed E-state index contributed by atoms with van der Waals surface area (Å²) in [4.78, 5) is 0. The number of hydrogen-bond donors (Lipinski definition) is 3. The number of hydrogen-bond acceptors (Lipinski definition) is 5. The summed E-state index contributed by atoms with van der Waals surface area (Å²) in [6.45, 7) is 1.75. The van der Waals surface area contributed by atoms with Crippen molar-refractivity contribution in [3.63, 3.8) is 0 Å². The fraction of sp³-hybridized carbons (Fsp3) is 0.571. The number of benzene rings is 1. The van der Waals surface area contributed by atoms with Crippen LogP contribution in [0.25, 0.3) is 0 Å². The second-order valence-electron chi connectivity index (χ2n) is 4.86. The quantitative estimate of drug-likeness (QED) is 0.731. The van der Waals surface area contributed by atoms with Gasteiger partial charge in [-0.3, -0.25) is 0 Å². The Bertz CT molecular complexity index is 381. The van der Waals surface area contributed by atoms with Gasteiger partial charge in [-0.25, -0.2) is 0 Å². The molecule has 1 aliphatic heterocycles.